The van der Waals surface area contributed by atoms with Crippen LogP contribution in [0.1, 0.15) is 5.56 Å². The van der Waals surface area contributed by atoms with Crippen molar-refractivity contribution in [1.29, 1.82) is 0 Å². The molecule has 0 bridgehead atoms. The zero-order valence-electron chi connectivity index (χ0n) is 14.0. The van der Waals surface area contributed by atoms with Crippen molar-refractivity contribution in [3.63, 3.8) is 0 Å². The Balaban J connectivity index is 1.65. The molecule has 2 aromatic rings. The van der Waals surface area contributed by atoms with Crippen molar-refractivity contribution in [2.75, 3.05) is 16.4 Å². The first-order valence-corrected chi connectivity index (χ1v) is 11.0. The third-order valence-electron chi connectivity index (χ3n) is 4.53. The van der Waals surface area contributed by atoms with Crippen LogP contribution in [0.15, 0.2) is 47.5 Å². The lowest BCUT2D eigenvalue weighted by Crippen LogP contribution is -2.39. The molecule has 2 unspecified atom stereocenters. The van der Waals surface area contributed by atoms with E-state index in [1.54, 1.807) is 12.1 Å². The monoisotopic (exact) mass is 412 g/mol. The Kier molecular flexibility index (Phi) is 4.67. The first kappa shape index (κ1) is 18.4. The highest BCUT2D eigenvalue weighted by Crippen LogP contribution is 2.37. The van der Waals surface area contributed by atoms with Crippen LogP contribution in [0.25, 0.3) is 0 Å². The molecule has 0 aromatic heterocycles. The van der Waals surface area contributed by atoms with Crippen LogP contribution < -0.4 is 4.90 Å². The molecule has 2 aliphatic rings. The normalized spacial score (nSPS) is 23.4. The van der Waals surface area contributed by atoms with E-state index in [2.05, 4.69) is 4.99 Å². The number of hydrogen-bond acceptors (Lipinski definition) is 5. The first-order valence-electron chi connectivity index (χ1n) is 8.22. The van der Waals surface area contributed by atoms with Gasteiger partial charge in [0.15, 0.2) is 15.0 Å². The Morgan fingerprint density at radius 1 is 1.07 bits per heavy atom. The van der Waals surface area contributed by atoms with Crippen molar-refractivity contribution in [2.45, 2.75) is 17.8 Å². The number of benzene rings is 2. The summed E-state index contributed by atoms with van der Waals surface area (Å²) < 4.78 is 65.0. The molecule has 0 aliphatic carbocycles. The fourth-order valence-corrected chi connectivity index (χ4v) is 6.27. The van der Waals surface area contributed by atoms with Gasteiger partial charge in [0.25, 0.3) is 0 Å². The Morgan fingerprint density at radius 2 is 1.85 bits per heavy atom. The van der Waals surface area contributed by atoms with Crippen molar-refractivity contribution >= 4 is 32.5 Å². The van der Waals surface area contributed by atoms with Gasteiger partial charge in [-0.15, -0.1) is 0 Å². The minimum atomic E-state index is -3.27. The SMILES string of the molecule is O=S1(=O)CC2N=C(SCc3cccc(F)c3)N(c3ccc(F)cc3F)C2C1. The second kappa shape index (κ2) is 6.87. The highest BCUT2D eigenvalue weighted by molar-refractivity contribution is 8.13. The molecule has 0 radical (unpaired) electrons. The molecule has 142 valence electrons. The number of anilines is 1. The van der Waals surface area contributed by atoms with Gasteiger partial charge in [-0.25, -0.2) is 21.6 Å². The van der Waals surface area contributed by atoms with E-state index in [1.165, 1.54) is 34.9 Å². The molecule has 9 heteroatoms. The highest BCUT2D eigenvalue weighted by atomic mass is 32.2. The van der Waals surface area contributed by atoms with Crippen LogP contribution in [0.2, 0.25) is 0 Å². The van der Waals surface area contributed by atoms with E-state index in [4.69, 9.17) is 0 Å². The number of amidine groups is 1. The van der Waals surface area contributed by atoms with Crippen molar-refractivity contribution in [3.8, 4) is 0 Å². The largest absolute Gasteiger partial charge is 0.312 e. The molecule has 4 nitrogen and oxygen atoms in total. The van der Waals surface area contributed by atoms with Crippen molar-refractivity contribution in [2.24, 2.45) is 4.99 Å². The highest BCUT2D eigenvalue weighted by Gasteiger charge is 2.47. The van der Waals surface area contributed by atoms with Crippen LogP contribution >= 0.6 is 11.8 Å². The van der Waals surface area contributed by atoms with Crippen LogP contribution in [0.5, 0.6) is 0 Å². The number of sulfone groups is 1. The zero-order chi connectivity index (χ0) is 19.2. The summed E-state index contributed by atoms with van der Waals surface area (Å²) in [5.41, 5.74) is 0.818. The number of thioether (sulfide) groups is 1. The minimum Gasteiger partial charge on any atom is -0.312 e. The molecule has 2 aliphatic heterocycles. The van der Waals surface area contributed by atoms with Gasteiger partial charge >= 0.3 is 0 Å². The molecule has 1 saturated heterocycles. The lowest BCUT2D eigenvalue weighted by molar-refractivity contribution is 0.577. The minimum absolute atomic E-state index is 0.0893. The van der Waals surface area contributed by atoms with Crippen LogP contribution in [0, 0.1) is 17.5 Å². The van der Waals surface area contributed by atoms with Gasteiger partial charge in [0.1, 0.15) is 17.5 Å². The van der Waals surface area contributed by atoms with Crippen molar-refractivity contribution in [1.82, 2.24) is 0 Å². The molecule has 1 fully saturated rings. The fraction of sp³-hybridized carbons (Fsp3) is 0.278. The summed E-state index contributed by atoms with van der Waals surface area (Å²) in [5, 5.41) is 0.453. The Bertz CT molecular complexity index is 1030. The summed E-state index contributed by atoms with van der Waals surface area (Å²) >= 11 is 1.27. The van der Waals surface area contributed by atoms with E-state index in [0.29, 0.717) is 10.9 Å². The summed E-state index contributed by atoms with van der Waals surface area (Å²) in [5.74, 6) is -1.69. The van der Waals surface area contributed by atoms with Gasteiger partial charge in [0, 0.05) is 11.8 Å². The standard InChI is InChI=1S/C18H15F3N2O2S2/c19-12-3-1-2-11(6-12)8-26-18-22-15-9-27(24,25)10-17(15)23(18)16-5-4-13(20)7-14(16)21/h1-7,15,17H,8-10H2. The van der Waals surface area contributed by atoms with Crippen LogP contribution in [0.3, 0.4) is 0 Å². The number of rotatable bonds is 3. The van der Waals surface area contributed by atoms with Crippen molar-refractivity contribution in [3.05, 3.63) is 65.5 Å². The second-order valence-corrected chi connectivity index (χ2v) is 9.60. The quantitative estimate of drug-likeness (QED) is 0.776. The van der Waals surface area contributed by atoms with Crippen LogP contribution in [-0.2, 0) is 15.6 Å². The van der Waals surface area contributed by atoms with E-state index in [9.17, 15) is 21.6 Å². The van der Waals surface area contributed by atoms with Gasteiger partial charge in [0.2, 0.25) is 0 Å². The van der Waals surface area contributed by atoms with Gasteiger partial charge in [0.05, 0.1) is 29.3 Å². The molecule has 2 heterocycles. The number of halogens is 3. The average Bonchev–Trinajstić information content (AvgIpc) is 3.05. The summed E-state index contributed by atoms with van der Waals surface area (Å²) in [6, 6.07) is 8.27. The van der Waals surface area contributed by atoms with E-state index in [1.807, 2.05) is 0 Å². The third-order valence-corrected chi connectivity index (χ3v) is 7.27. The van der Waals surface area contributed by atoms with E-state index in [0.717, 1.165) is 17.7 Å². The van der Waals surface area contributed by atoms with Gasteiger partial charge in [-0.3, -0.25) is 4.99 Å². The molecule has 2 aromatic carbocycles. The average molecular weight is 412 g/mol. The van der Waals surface area contributed by atoms with E-state index < -0.39 is 33.6 Å². The molecule has 0 amide bonds. The Hall–Kier alpha value is -2.00. The lowest BCUT2D eigenvalue weighted by atomic mass is 10.1. The van der Waals surface area contributed by atoms with Crippen LogP contribution in [-0.4, -0.2) is 37.2 Å². The predicted octanol–water partition coefficient (Wildman–Crippen LogP) is 3.38. The van der Waals surface area contributed by atoms with E-state index in [-0.39, 0.29) is 23.0 Å². The molecule has 0 spiro atoms. The molecule has 0 saturated carbocycles. The van der Waals surface area contributed by atoms with E-state index >= 15 is 0 Å². The summed E-state index contributed by atoms with van der Waals surface area (Å²) in [4.78, 5) is 6.01. The maximum absolute atomic E-state index is 14.4. The lowest BCUT2D eigenvalue weighted by Gasteiger charge is -2.26. The molecular formula is C18H15F3N2O2S2. The molecular weight excluding hydrogens is 397 g/mol. The topological polar surface area (TPSA) is 49.7 Å². The predicted molar refractivity (Wildman–Crippen MR) is 100 cm³/mol. The van der Waals surface area contributed by atoms with Crippen LogP contribution in [0.4, 0.5) is 18.9 Å². The molecule has 4 rings (SSSR count). The smallest absolute Gasteiger partial charge is 0.164 e. The van der Waals surface area contributed by atoms with Gasteiger partial charge in [-0.05, 0) is 29.8 Å². The number of aliphatic imine (C=N–C) groups is 1. The number of nitrogens with zero attached hydrogens (tertiary/aromatic N) is 2. The maximum atomic E-state index is 14.4. The summed E-state index contributed by atoms with van der Waals surface area (Å²) in [6.07, 6.45) is 0. The Morgan fingerprint density at radius 3 is 2.59 bits per heavy atom. The van der Waals surface area contributed by atoms with Crippen molar-refractivity contribution < 1.29 is 21.6 Å². The molecule has 0 N–H and O–H groups in total. The fourth-order valence-electron chi connectivity index (χ4n) is 3.37. The number of fused-ring (bicyclic) bond motifs is 1. The van der Waals surface area contributed by atoms with Gasteiger partial charge in [-0.1, -0.05) is 23.9 Å². The van der Waals surface area contributed by atoms with Gasteiger partial charge < -0.3 is 4.90 Å². The number of hydrogen-bond donors (Lipinski definition) is 0. The Labute approximate surface area is 159 Å². The second-order valence-electron chi connectivity index (χ2n) is 6.51. The maximum Gasteiger partial charge on any atom is 0.164 e. The third kappa shape index (κ3) is 3.70. The summed E-state index contributed by atoms with van der Waals surface area (Å²) in [7, 11) is -3.27. The first-order chi connectivity index (χ1) is 12.8. The summed E-state index contributed by atoms with van der Waals surface area (Å²) in [6.45, 7) is 0. The molecule has 2 atom stereocenters. The zero-order valence-corrected chi connectivity index (χ0v) is 15.6. The van der Waals surface area contributed by atoms with Gasteiger partial charge in [-0.2, -0.15) is 0 Å². The molecule has 27 heavy (non-hydrogen) atoms.